The molecule has 0 spiro atoms. The van der Waals surface area contributed by atoms with Gasteiger partial charge in [-0.25, -0.2) is 26.9 Å². The summed E-state index contributed by atoms with van der Waals surface area (Å²) in [5.41, 5.74) is -0.775. The van der Waals surface area contributed by atoms with E-state index in [0.29, 0.717) is 29.6 Å². The molecule has 2 aromatic heterocycles. The normalized spacial score (nSPS) is 15.3. The van der Waals surface area contributed by atoms with Crippen molar-refractivity contribution in [1.82, 2.24) is 14.5 Å². The summed E-state index contributed by atoms with van der Waals surface area (Å²) in [7, 11) is 1.77. The van der Waals surface area contributed by atoms with Gasteiger partial charge in [-0.2, -0.15) is 0 Å². The molecule has 172 valence electrons. The van der Waals surface area contributed by atoms with E-state index in [1.807, 2.05) is 13.8 Å². The van der Waals surface area contributed by atoms with Crippen LogP contribution in [0.1, 0.15) is 55.8 Å². The first-order chi connectivity index (χ1) is 15.2. The van der Waals surface area contributed by atoms with Crippen LogP contribution >= 0.6 is 0 Å². The highest BCUT2D eigenvalue weighted by Crippen LogP contribution is 2.52. The molecular formula is C23H25F5N4. The van der Waals surface area contributed by atoms with Gasteiger partial charge in [0.25, 0.3) is 6.43 Å². The summed E-state index contributed by atoms with van der Waals surface area (Å²) >= 11 is 0. The Morgan fingerprint density at radius 3 is 2.44 bits per heavy atom. The number of pyridine rings is 1. The van der Waals surface area contributed by atoms with Crippen molar-refractivity contribution in [3.05, 3.63) is 64.4 Å². The van der Waals surface area contributed by atoms with Gasteiger partial charge in [0.1, 0.15) is 11.6 Å². The zero-order valence-corrected chi connectivity index (χ0v) is 18.3. The molecule has 0 atom stereocenters. The summed E-state index contributed by atoms with van der Waals surface area (Å²) < 4.78 is 69.1. The molecule has 1 saturated carbocycles. The molecule has 0 unspecified atom stereocenters. The fraction of sp³-hybridized carbons (Fsp3) is 0.435. The zero-order chi connectivity index (χ0) is 23.6. The number of aryl methyl sites for hydroxylation is 2. The fourth-order valence-corrected chi connectivity index (χ4v) is 3.52. The van der Waals surface area contributed by atoms with Crippen molar-refractivity contribution in [3.8, 4) is 0 Å². The number of nitrogens with zero attached hydrogens (tertiary/aromatic N) is 4. The lowest BCUT2D eigenvalue weighted by Crippen LogP contribution is -2.22. The van der Waals surface area contributed by atoms with Gasteiger partial charge in [-0.05, 0) is 25.8 Å². The second-order valence-corrected chi connectivity index (χ2v) is 7.52. The van der Waals surface area contributed by atoms with Crippen molar-refractivity contribution in [2.24, 2.45) is 12.0 Å². The molecule has 0 aliphatic heterocycles. The highest BCUT2D eigenvalue weighted by molar-refractivity contribution is 5.78. The van der Waals surface area contributed by atoms with Gasteiger partial charge in [0.2, 0.25) is 6.43 Å². The van der Waals surface area contributed by atoms with Crippen LogP contribution in [-0.4, -0.2) is 21.0 Å². The van der Waals surface area contributed by atoms with Crippen molar-refractivity contribution in [2.45, 2.75) is 58.4 Å². The minimum atomic E-state index is -2.93. The molecular weight excluding hydrogens is 427 g/mol. The van der Waals surface area contributed by atoms with Gasteiger partial charge in [-0.15, -0.1) is 0 Å². The number of alkyl halides is 4. The van der Waals surface area contributed by atoms with Crippen LogP contribution in [0.25, 0.3) is 10.9 Å². The Bertz CT molecular complexity index is 1180. The van der Waals surface area contributed by atoms with E-state index in [-0.39, 0.29) is 23.3 Å². The largest absolute Gasteiger partial charge is 0.331 e. The van der Waals surface area contributed by atoms with Crippen molar-refractivity contribution in [2.75, 3.05) is 0 Å². The zero-order valence-electron chi connectivity index (χ0n) is 18.3. The predicted octanol–water partition coefficient (Wildman–Crippen LogP) is 5.78. The van der Waals surface area contributed by atoms with Crippen LogP contribution in [0.4, 0.5) is 22.0 Å². The van der Waals surface area contributed by atoms with E-state index in [1.54, 1.807) is 24.6 Å². The second kappa shape index (κ2) is 9.34. The molecule has 1 aliphatic carbocycles. The molecule has 32 heavy (non-hydrogen) atoms. The quantitative estimate of drug-likeness (QED) is 0.461. The third-order valence-electron chi connectivity index (χ3n) is 5.70. The van der Waals surface area contributed by atoms with E-state index in [2.05, 4.69) is 15.0 Å². The Morgan fingerprint density at radius 1 is 1.16 bits per heavy atom. The van der Waals surface area contributed by atoms with Crippen molar-refractivity contribution in [3.63, 3.8) is 0 Å². The molecule has 1 aromatic carbocycles. The summed E-state index contributed by atoms with van der Waals surface area (Å²) in [5.74, 6) is -0.414. The van der Waals surface area contributed by atoms with Crippen LogP contribution in [0.5, 0.6) is 0 Å². The average molecular weight is 452 g/mol. The van der Waals surface area contributed by atoms with Crippen LogP contribution in [0.2, 0.25) is 0 Å². The lowest BCUT2D eigenvalue weighted by molar-refractivity contribution is 0.0999. The first-order valence-electron chi connectivity index (χ1n) is 10.4. The number of hydrogen-bond acceptors (Lipinski definition) is 3. The summed E-state index contributed by atoms with van der Waals surface area (Å²) in [6.07, 6.45) is -3.24. The maximum atomic E-state index is 14.3. The summed E-state index contributed by atoms with van der Waals surface area (Å²) in [4.78, 5) is 13.0. The molecule has 0 amide bonds. The molecule has 1 aliphatic rings. The molecule has 3 aromatic rings. The van der Waals surface area contributed by atoms with Crippen LogP contribution in [-0.2, 0) is 19.0 Å². The van der Waals surface area contributed by atoms with Crippen molar-refractivity contribution >= 4 is 10.9 Å². The summed E-state index contributed by atoms with van der Waals surface area (Å²) in [6.45, 7) is 5.53. The van der Waals surface area contributed by atoms with Crippen molar-refractivity contribution in [1.29, 1.82) is 0 Å². The minimum Gasteiger partial charge on any atom is -0.331 e. The predicted molar refractivity (Wildman–Crippen MR) is 112 cm³/mol. The van der Waals surface area contributed by atoms with Crippen LogP contribution in [0, 0.1) is 12.7 Å². The van der Waals surface area contributed by atoms with E-state index < -0.39 is 29.6 Å². The van der Waals surface area contributed by atoms with E-state index >= 15 is 0 Å². The Labute approximate surface area is 182 Å². The molecule has 0 bridgehead atoms. The van der Waals surface area contributed by atoms with Gasteiger partial charge in [0.15, 0.2) is 5.49 Å². The molecule has 4 nitrogen and oxygen atoms in total. The van der Waals surface area contributed by atoms with Gasteiger partial charge in [-0.1, -0.05) is 32.0 Å². The Hall–Kier alpha value is -2.84. The summed E-state index contributed by atoms with van der Waals surface area (Å²) in [6, 6.07) is 5.32. The van der Waals surface area contributed by atoms with Crippen molar-refractivity contribution < 1.29 is 22.0 Å². The van der Waals surface area contributed by atoms with Gasteiger partial charge in [0.05, 0.1) is 34.9 Å². The second-order valence-electron chi connectivity index (χ2n) is 7.52. The van der Waals surface area contributed by atoms with Crippen LogP contribution in [0.15, 0.2) is 35.5 Å². The Kier molecular flexibility index (Phi) is 6.95. The first kappa shape index (κ1) is 23.8. The van der Waals surface area contributed by atoms with Gasteiger partial charge in [-0.3, -0.25) is 9.98 Å². The number of hydrogen-bond donors (Lipinski definition) is 0. The van der Waals surface area contributed by atoms with E-state index in [9.17, 15) is 22.0 Å². The maximum absolute atomic E-state index is 14.3. The Balaban J connectivity index is 0.00000141. The number of aromatic nitrogens is 3. The topological polar surface area (TPSA) is 43.1 Å². The lowest BCUT2D eigenvalue weighted by Gasteiger charge is -2.15. The maximum Gasteiger partial charge on any atom is 0.266 e. The van der Waals surface area contributed by atoms with Crippen LogP contribution < -0.4 is 5.49 Å². The van der Waals surface area contributed by atoms with E-state index in [1.165, 1.54) is 18.3 Å². The number of benzene rings is 1. The van der Waals surface area contributed by atoms with Gasteiger partial charge < -0.3 is 4.57 Å². The monoisotopic (exact) mass is 452 g/mol. The van der Waals surface area contributed by atoms with E-state index in [4.69, 9.17) is 0 Å². The highest BCUT2D eigenvalue weighted by atomic mass is 19.3. The number of fused-ring (bicyclic) bond motifs is 1. The molecule has 2 heterocycles. The molecule has 0 N–H and O–H groups in total. The highest BCUT2D eigenvalue weighted by Gasteiger charge is 2.53. The third-order valence-corrected chi connectivity index (χ3v) is 5.70. The van der Waals surface area contributed by atoms with Gasteiger partial charge in [0, 0.05) is 18.0 Å². The standard InChI is InChI=1S/C21H19F5N4.C2H6/c1-11-29-19(28-9-12-4-3-5-13(17(12)22)18(23)24)14-8-16(21(6-7-21)20(25)26)27-10-15(14)30(11)2;1-2/h3-5,8,10,18,20H,6-7,9H2,1-2H3;1-2H3. The van der Waals surface area contributed by atoms with Gasteiger partial charge >= 0.3 is 0 Å². The SMILES string of the molecule is CC.Cc1nc(=NCc2cccc(C(F)F)c2F)c2cc(C3(C(F)F)CC3)ncc2n1C. The third kappa shape index (κ3) is 4.25. The summed E-state index contributed by atoms with van der Waals surface area (Å²) in [5, 5.41) is 0.505. The van der Waals surface area contributed by atoms with Crippen LogP contribution in [0.3, 0.4) is 0 Å². The molecule has 0 saturated heterocycles. The Morgan fingerprint density at radius 2 is 1.84 bits per heavy atom. The minimum absolute atomic E-state index is 0.00848. The molecule has 4 rings (SSSR count). The number of rotatable bonds is 5. The fourth-order valence-electron chi connectivity index (χ4n) is 3.52. The lowest BCUT2D eigenvalue weighted by atomic mass is 10.0. The first-order valence-corrected chi connectivity index (χ1v) is 10.4. The smallest absolute Gasteiger partial charge is 0.266 e. The number of halogens is 5. The molecule has 9 heteroatoms. The average Bonchev–Trinajstić information content (AvgIpc) is 3.59. The molecule has 1 fully saturated rings. The van der Waals surface area contributed by atoms with E-state index in [0.717, 1.165) is 6.07 Å². The molecule has 0 radical (unpaired) electrons.